The van der Waals surface area contributed by atoms with E-state index in [1.165, 1.54) is 18.3 Å². The Bertz CT molecular complexity index is 686. The molecule has 0 aliphatic rings. The molecule has 8 heteroatoms. The molecule has 2 aromatic rings. The maximum atomic E-state index is 11.9. The molecule has 0 aliphatic carbocycles. The second-order valence-corrected chi connectivity index (χ2v) is 5.32. The largest absolute Gasteiger partial charge is 0.495 e. The number of benzene rings is 1. The van der Waals surface area contributed by atoms with Gasteiger partial charge < -0.3 is 21.1 Å². The van der Waals surface area contributed by atoms with Crippen molar-refractivity contribution in [3.8, 4) is 5.75 Å². The molecule has 116 valence electrons. The van der Waals surface area contributed by atoms with Crippen LogP contribution in [0.4, 0.5) is 10.8 Å². The highest BCUT2D eigenvalue weighted by molar-refractivity contribution is 7.14. The number of hydrogen-bond donors (Lipinski definition) is 3. The Labute approximate surface area is 131 Å². The van der Waals surface area contributed by atoms with E-state index in [2.05, 4.69) is 15.6 Å². The normalized spacial score (nSPS) is 11.5. The fourth-order valence-electron chi connectivity index (χ4n) is 1.64. The Morgan fingerprint density at radius 2 is 2.09 bits per heavy atom. The molecule has 7 nitrogen and oxygen atoms in total. The number of nitrogens with two attached hydrogens (primary N) is 1. The zero-order valence-corrected chi connectivity index (χ0v) is 12.9. The van der Waals surface area contributed by atoms with E-state index < -0.39 is 17.9 Å². The molecule has 1 aromatic heterocycles. The molecule has 0 fully saturated rings. The van der Waals surface area contributed by atoms with Gasteiger partial charge >= 0.3 is 0 Å². The van der Waals surface area contributed by atoms with E-state index >= 15 is 0 Å². The predicted octanol–water partition coefficient (Wildman–Crippen LogP) is 1.50. The van der Waals surface area contributed by atoms with Gasteiger partial charge in [0.1, 0.15) is 17.5 Å². The number of nitrogens with one attached hydrogen (secondary N) is 2. The van der Waals surface area contributed by atoms with Crippen molar-refractivity contribution in [1.82, 2.24) is 10.3 Å². The zero-order valence-electron chi connectivity index (χ0n) is 12.1. The van der Waals surface area contributed by atoms with Crippen LogP contribution in [0.5, 0.6) is 5.75 Å². The van der Waals surface area contributed by atoms with Gasteiger partial charge in [0.2, 0.25) is 5.91 Å². The summed E-state index contributed by atoms with van der Waals surface area (Å²) in [6.45, 7) is 1.51. The lowest BCUT2D eigenvalue weighted by Crippen LogP contribution is -2.42. The van der Waals surface area contributed by atoms with Crippen LogP contribution in [0.1, 0.15) is 17.4 Å². The molecule has 1 atom stereocenters. The number of aromatic nitrogens is 1. The number of ether oxygens (including phenoxy) is 1. The lowest BCUT2D eigenvalue weighted by Gasteiger charge is -2.09. The molecule has 0 saturated heterocycles. The number of nitrogens with zero attached hydrogens (tertiary/aromatic N) is 1. The summed E-state index contributed by atoms with van der Waals surface area (Å²) in [6.07, 6.45) is 0. The third kappa shape index (κ3) is 3.73. The van der Waals surface area contributed by atoms with Crippen LogP contribution in [-0.4, -0.2) is 29.9 Å². The maximum Gasteiger partial charge on any atom is 0.271 e. The number of amides is 2. The molecular formula is C14H16N4O3S. The van der Waals surface area contributed by atoms with Crippen LogP contribution < -0.4 is 21.1 Å². The number of carbonyl (C=O) groups excluding carboxylic acids is 2. The number of para-hydroxylation sites is 2. The van der Waals surface area contributed by atoms with Crippen LogP contribution in [0, 0.1) is 0 Å². The topological polar surface area (TPSA) is 106 Å². The standard InChI is InChI=1S/C14H16N4O3S/c1-8(12(15)19)16-13(20)10-7-22-14(18-10)17-9-5-3-4-6-11(9)21-2/h3-8H,1-2H3,(H2,15,19)(H,16,20)(H,17,18). The predicted molar refractivity (Wildman–Crippen MR) is 84.5 cm³/mol. The van der Waals surface area contributed by atoms with E-state index in [4.69, 9.17) is 10.5 Å². The summed E-state index contributed by atoms with van der Waals surface area (Å²) in [5.74, 6) is -0.377. The van der Waals surface area contributed by atoms with Crippen molar-refractivity contribution >= 4 is 34.0 Å². The molecular weight excluding hydrogens is 304 g/mol. The number of anilines is 2. The molecule has 2 rings (SSSR count). The van der Waals surface area contributed by atoms with E-state index in [9.17, 15) is 9.59 Å². The van der Waals surface area contributed by atoms with Gasteiger partial charge in [0.15, 0.2) is 5.13 Å². The highest BCUT2D eigenvalue weighted by Crippen LogP contribution is 2.28. The van der Waals surface area contributed by atoms with E-state index in [-0.39, 0.29) is 5.69 Å². The minimum atomic E-state index is -0.750. The van der Waals surface area contributed by atoms with Crippen LogP contribution in [0.3, 0.4) is 0 Å². The van der Waals surface area contributed by atoms with Gasteiger partial charge in [-0.1, -0.05) is 12.1 Å². The minimum absolute atomic E-state index is 0.218. The number of hydrogen-bond acceptors (Lipinski definition) is 6. The average Bonchev–Trinajstić information content (AvgIpc) is 2.96. The first-order valence-electron chi connectivity index (χ1n) is 6.47. The monoisotopic (exact) mass is 320 g/mol. The Kier molecular flexibility index (Phi) is 4.95. The Morgan fingerprint density at radius 1 is 1.36 bits per heavy atom. The smallest absolute Gasteiger partial charge is 0.271 e. The van der Waals surface area contributed by atoms with Crippen LogP contribution >= 0.6 is 11.3 Å². The van der Waals surface area contributed by atoms with Crippen molar-refractivity contribution in [2.75, 3.05) is 12.4 Å². The summed E-state index contributed by atoms with van der Waals surface area (Å²) in [5.41, 5.74) is 6.07. The molecule has 1 aromatic carbocycles. The van der Waals surface area contributed by atoms with Crippen molar-refractivity contribution in [3.63, 3.8) is 0 Å². The van der Waals surface area contributed by atoms with Gasteiger partial charge in [0.25, 0.3) is 5.91 Å². The summed E-state index contributed by atoms with van der Waals surface area (Å²) in [5, 5.41) is 7.70. The first kappa shape index (κ1) is 15.8. The summed E-state index contributed by atoms with van der Waals surface area (Å²) < 4.78 is 5.23. The quantitative estimate of drug-likeness (QED) is 0.748. The maximum absolute atomic E-state index is 11.9. The number of thiazole rings is 1. The molecule has 1 heterocycles. The van der Waals surface area contributed by atoms with E-state index in [0.29, 0.717) is 10.9 Å². The van der Waals surface area contributed by atoms with Crippen LogP contribution in [0.15, 0.2) is 29.6 Å². The Balaban J connectivity index is 2.08. The fraction of sp³-hybridized carbons (Fsp3) is 0.214. The molecule has 0 aliphatic heterocycles. The summed E-state index contributed by atoms with van der Waals surface area (Å²) in [6, 6.07) is 6.63. The molecule has 0 bridgehead atoms. The highest BCUT2D eigenvalue weighted by atomic mass is 32.1. The number of methoxy groups -OCH3 is 1. The first-order chi connectivity index (χ1) is 10.5. The van der Waals surface area contributed by atoms with Crippen molar-refractivity contribution in [2.24, 2.45) is 5.73 Å². The molecule has 22 heavy (non-hydrogen) atoms. The van der Waals surface area contributed by atoms with Crippen molar-refractivity contribution in [1.29, 1.82) is 0 Å². The third-order valence-electron chi connectivity index (χ3n) is 2.86. The van der Waals surface area contributed by atoms with Gasteiger partial charge in [-0.3, -0.25) is 9.59 Å². The number of primary amides is 1. The van der Waals surface area contributed by atoms with E-state index in [1.807, 2.05) is 24.3 Å². The number of rotatable bonds is 6. The van der Waals surface area contributed by atoms with Gasteiger partial charge in [0, 0.05) is 5.38 Å². The second kappa shape index (κ2) is 6.90. The molecule has 4 N–H and O–H groups in total. The van der Waals surface area contributed by atoms with Gasteiger partial charge in [-0.25, -0.2) is 4.98 Å². The second-order valence-electron chi connectivity index (χ2n) is 4.46. The highest BCUT2D eigenvalue weighted by Gasteiger charge is 2.16. The SMILES string of the molecule is COc1ccccc1Nc1nc(C(=O)NC(C)C(N)=O)cs1. The van der Waals surface area contributed by atoms with Crippen LogP contribution in [0.25, 0.3) is 0 Å². The zero-order chi connectivity index (χ0) is 16.1. The summed E-state index contributed by atoms with van der Waals surface area (Å²) in [4.78, 5) is 27.0. The van der Waals surface area contributed by atoms with Gasteiger partial charge in [0.05, 0.1) is 12.8 Å². The van der Waals surface area contributed by atoms with Crippen molar-refractivity contribution in [3.05, 3.63) is 35.3 Å². The molecule has 0 saturated carbocycles. The first-order valence-corrected chi connectivity index (χ1v) is 7.35. The molecule has 1 unspecified atom stereocenters. The number of carbonyl (C=O) groups is 2. The van der Waals surface area contributed by atoms with Gasteiger partial charge in [-0.2, -0.15) is 0 Å². The Morgan fingerprint density at radius 3 is 2.77 bits per heavy atom. The molecule has 2 amide bonds. The van der Waals surface area contributed by atoms with Crippen LogP contribution in [-0.2, 0) is 4.79 Å². The lowest BCUT2D eigenvalue weighted by atomic mass is 10.3. The third-order valence-corrected chi connectivity index (χ3v) is 3.62. The fourth-order valence-corrected chi connectivity index (χ4v) is 2.34. The van der Waals surface area contributed by atoms with Gasteiger partial charge in [-0.05, 0) is 19.1 Å². The van der Waals surface area contributed by atoms with Crippen molar-refractivity contribution < 1.29 is 14.3 Å². The summed E-state index contributed by atoms with van der Waals surface area (Å²) in [7, 11) is 1.58. The Hall–Kier alpha value is -2.61. The van der Waals surface area contributed by atoms with Crippen molar-refractivity contribution in [2.45, 2.75) is 13.0 Å². The van der Waals surface area contributed by atoms with E-state index in [1.54, 1.807) is 12.5 Å². The summed E-state index contributed by atoms with van der Waals surface area (Å²) >= 11 is 1.27. The minimum Gasteiger partial charge on any atom is -0.495 e. The van der Waals surface area contributed by atoms with Gasteiger partial charge in [-0.15, -0.1) is 11.3 Å². The molecule has 0 radical (unpaired) electrons. The van der Waals surface area contributed by atoms with E-state index in [0.717, 1.165) is 5.69 Å². The molecule has 0 spiro atoms. The average molecular weight is 320 g/mol. The van der Waals surface area contributed by atoms with Crippen LogP contribution in [0.2, 0.25) is 0 Å². The lowest BCUT2D eigenvalue weighted by molar-refractivity contribution is -0.119.